The minimum Gasteiger partial charge on any atom is -0.347 e. The van der Waals surface area contributed by atoms with Crippen molar-refractivity contribution in [3.8, 4) is 11.4 Å². The fraction of sp³-hybridized carbons (Fsp3) is 0.211. The topological polar surface area (TPSA) is 68.0 Å². The van der Waals surface area contributed by atoms with Crippen molar-refractivity contribution in [3.63, 3.8) is 0 Å². The second kappa shape index (κ2) is 7.55. The fourth-order valence-electron chi connectivity index (χ4n) is 2.31. The highest BCUT2D eigenvalue weighted by atomic mass is 16.5. The van der Waals surface area contributed by atoms with Gasteiger partial charge in [0.2, 0.25) is 17.6 Å². The van der Waals surface area contributed by atoms with Gasteiger partial charge in [-0.1, -0.05) is 65.3 Å². The van der Waals surface area contributed by atoms with Gasteiger partial charge in [0.1, 0.15) is 0 Å². The second-order valence-corrected chi connectivity index (χ2v) is 5.64. The van der Waals surface area contributed by atoms with Gasteiger partial charge < -0.3 is 9.84 Å². The summed E-state index contributed by atoms with van der Waals surface area (Å²) >= 11 is 0. The van der Waals surface area contributed by atoms with E-state index in [-0.39, 0.29) is 12.5 Å². The van der Waals surface area contributed by atoms with E-state index in [4.69, 9.17) is 4.52 Å². The Morgan fingerprint density at radius 3 is 2.58 bits per heavy atom. The van der Waals surface area contributed by atoms with Gasteiger partial charge in [-0.05, 0) is 18.9 Å². The van der Waals surface area contributed by atoms with Gasteiger partial charge in [-0.15, -0.1) is 0 Å². The van der Waals surface area contributed by atoms with Crippen molar-refractivity contribution in [1.29, 1.82) is 0 Å². The van der Waals surface area contributed by atoms with E-state index in [0.717, 1.165) is 11.1 Å². The molecule has 5 heteroatoms. The zero-order valence-electron chi connectivity index (χ0n) is 13.5. The molecule has 0 unspecified atom stereocenters. The lowest BCUT2D eigenvalue weighted by atomic mass is 10.1. The number of hydrogen-bond acceptors (Lipinski definition) is 4. The van der Waals surface area contributed by atoms with Crippen molar-refractivity contribution in [2.45, 2.75) is 26.3 Å². The first kappa shape index (κ1) is 15.9. The summed E-state index contributed by atoms with van der Waals surface area (Å²) in [4.78, 5) is 16.2. The van der Waals surface area contributed by atoms with Crippen molar-refractivity contribution in [2.24, 2.45) is 0 Å². The van der Waals surface area contributed by atoms with Gasteiger partial charge in [0.25, 0.3) is 0 Å². The zero-order valence-corrected chi connectivity index (χ0v) is 13.5. The van der Waals surface area contributed by atoms with Gasteiger partial charge in [-0.3, -0.25) is 4.79 Å². The lowest BCUT2D eigenvalue weighted by molar-refractivity contribution is -0.121. The molecule has 0 aliphatic rings. The van der Waals surface area contributed by atoms with Gasteiger partial charge in [0.15, 0.2) is 0 Å². The third-order valence-electron chi connectivity index (χ3n) is 3.70. The third kappa shape index (κ3) is 4.29. The molecule has 0 bridgehead atoms. The van der Waals surface area contributed by atoms with Crippen LogP contribution in [0.25, 0.3) is 11.4 Å². The minimum atomic E-state index is -0.0334. The number of amides is 1. The van der Waals surface area contributed by atoms with Crippen LogP contribution in [-0.4, -0.2) is 16.0 Å². The predicted molar refractivity (Wildman–Crippen MR) is 91.1 cm³/mol. The number of nitrogens with one attached hydrogen (secondary N) is 1. The molecule has 1 heterocycles. The summed E-state index contributed by atoms with van der Waals surface area (Å²) in [5.74, 6) is 0.899. The van der Waals surface area contributed by atoms with Gasteiger partial charge in [0, 0.05) is 12.0 Å². The van der Waals surface area contributed by atoms with Gasteiger partial charge in [0.05, 0.1) is 6.54 Å². The molecule has 3 aromatic rings. The number of hydrogen-bond donors (Lipinski definition) is 1. The highest BCUT2D eigenvalue weighted by Gasteiger charge is 2.10. The molecule has 0 fully saturated rings. The zero-order chi connectivity index (χ0) is 16.8. The van der Waals surface area contributed by atoms with E-state index in [2.05, 4.69) is 15.5 Å². The molecule has 5 nitrogen and oxygen atoms in total. The molecule has 1 amide bonds. The maximum atomic E-state index is 11.9. The number of benzene rings is 2. The summed E-state index contributed by atoms with van der Waals surface area (Å²) in [6.45, 7) is 2.27. The molecule has 3 rings (SSSR count). The molecule has 0 aliphatic heterocycles. The summed E-state index contributed by atoms with van der Waals surface area (Å²) in [7, 11) is 0. The van der Waals surface area contributed by atoms with Crippen LogP contribution < -0.4 is 5.32 Å². The predicted octanol–water partition coefficient (Wildman–Crippen LogP) is 3.29. The smallest absolute Gasteiger partial charge is 0.246 e. The van der Waals surface area contributed by atoms with Crippen LogP contribution >= 0.6 is 0 Å². The average molecular weight is 321 g/mol. The number of nitrogens with zero attached hydrogens (tertiary/aromatic N) is 2. The summed E-state index contributed by atoms with van der Waals surface area (Å²) < 4.78 is 5.19. The molecule has 0 saturated heterocycles. The van der Waals surface area contributed by atoms with Crippen LogP contribution in [-0.2, 0) is 17.8 Å². The Morgan fingerprint density at radius 1 is 1.08 bits per heavy atom. The first-order valence-corrected chi connectivity index (χ1v) is 7.91. The van der Waals surface area contributed by atoms with E-state index in [1.807, 2.05) is 61.5 Å². The van der Waals surface area contributed by atoms with Crippen molar-refractivity contribution in [3.05, 3.63) is 71.6 Å². The standard InChI is InChI=1S/C19H19N3O2/c1-14-7-10-16(11-8-14)19-21-18(24-22-19)13-20-17(23)12-9-15-5-3-2-4-6-15/h2-8,10-11H,9,12-13H2,1H3,(H,20,23). The number of aryl methyl sites for hydroxylation is 2. The average Bonchev–Trinajstić information content (AvgIpc) is 3.09. The Kier molecular flexibility index (Phi) is 5.01. The molecule has 0 radical (unpaired) electrons. The fourth-order valence-corrected chi connectivity index (χ4v) is 2.31. The monoisotopic (exact) mass is 321 g/mol. The molecule has 0 atom stereocenters. The summed E-state index contributed by atoms with van der Waals surface area (Å²) in [6, 6.07) is 17.8. The second-order valence-electron chi connectivity index (χ2n) is 5.64. The normalized spacial score (nSPS) is 10.5. The van der Waals surface area contributed by atoms with E-state index in [9.17, 15) is 4.79 Å². The van der Waals surface area contributed by atoms with Crippen LogP contribution in [0.5, 0.6) is 0 Å². The molecule has 1 aromatic heterocycles. The van der Waals surface area contributed by atoms with Gasteiger partial charge in [-0.2, -0.15) is 4.98 Å². The molecule has 24 heavy (non-hydrogen) atoms. The Hall–Kier alpha value is -2.95. The van der Waals surface area contributed by atoms with Crippen LogP contribution in [0.3, 0.4) is 0 Å². The third-order valence-corrected chi connectivity index (χ3v) is 3.70. The number of rotatable bonds is 6. The summed E-state index contributed by atoms with van der Waals surface area (Å²) in [6.07, 6.45) is 1.15. The number of carbonyl (C=O) groups is 1. The molecule has 1 N–H and O–H groups in total. The van der Waals surface area contributed by atoms with E-state index in [1.165, 1.54) is 5.56 Å². The van der Waals surface area contributed by atoms with E-state index >= 15 is 0 Å². The van der Waals surface area contributed by atoms with Crippen molar-refractivity contribution < 1.29 is 9.32 Å². The molecule has 0 aliphatic carbocycles. The Labute approximate surface area is 140 Å². The van der Waals surface area contributed by atoms with E-state index in [0.29, 0.717) is 24.6 Å². The van der Waals surface area contributed by atoms with Crippen molar-refractivity contribution in [2.75, 3.05) is 0 Å². The van der Waals surface area contributed by atoms with E-state index in [1.54, 1.807) is 0 Å². The number of aromatic nitrogens is 2. The summed E-state index contributed by atoms with van der Waals surface area (Å²) in [5, 5.41) is 6.76. The summed E-state index contributed by atoms with van der Waals surface area (Å²) in [5.41, 5.74) is 3.21. The largest absolute Gasteiger partial charge is 0.347 e. The first-order valence-electron chi connectivity index (χ1n) is 7.91. The minimum absolute atomic E-state index is 0.0334. The Morgan fingerprint density at radius 2 is 1.83 bits per heavy atom. The molecule has 0 saturated carbocycles. The molecule has 0 spiro atoms. The van der Waals surface area contributed by atoms with Gasteiger partial charge in [-0.25, -0.2) is 0 Å². The highest BCUT2D eigenvalue weighted by Crippen LogP contribution is 2.16. The molecule has 2 aromatic carbocycles. The van der Waals surface area contributed by atoms with Gasteiger partial charge >= 0.3 is 0 Å². The van der Waals surface area contributed by atoms with Crippen LogP contribution in [0.15, 0.2) is 59.1 Å². The van der Waals surface area contributed by atoms with E-state index < -0.39 is 0 Å². The van der Waals surface area contributed by atoms with Crippen molar-refractivity contribution in [1.82, 2.24) is 15.5 Å². The lowest BCUT2D eigenvalue weighted by Crippen LogP contribution is -2.23. The molecular formula is C19H19N3O2. The van der Waals surface area contributed by atoms with Crippen LogP contribution in [0.4, 0.5) is 0 Å². The quantitative estimate of drug-likeness (QED) is 0.756. The lowest BCUT2D eigenvalue weighted by Gasteiger charge is -2.02. The maximum Gasteiger partial charge on any atom is 0.246 e. The molecular weight excluding hydrogens is 302 g/mol. The highest BCUT2D eigenvalue weighted by molar-refractivity contribution is 5.76. The van der Waals surface area contributed by atoms with Crippen molar-refractivity contribution >= 4 is 5.91 Å². The maximum absolute atomic E-state index is 11.9. The van der Waals surface area contributed by atoms with Crippen LogP contribution in [0, 0.1) is 6.92 Å². The number of carbonyl (C=O) groups excluding carboxylic acids is 1. The van der Waals surface area contributed by atoms with Crippen LogP contribution in [0.1, 0.15) is 23.4 Å². The van der Waals surface area contributed by atoms with Crippen LogP contribution in [0.2, 0.25) is 0 Å². The Balaban J connectivity index is 1.50. The Bertz CT molecular complexity index is 795. The first-order chi connectivity index (χ1) is 11.7. The SMILES string of the molecule is Cc1ccc(-c2noc(CNC(=O)CCc3ccccc3)n2)cc1. The molecule has 122 valence electrons.